The lowest BCUT2D eigenvalue weighted by molar-refractivity contribution is 0.879. The van der Waals surface area contributed by atoms with Crippen molar-refractivity contribution < 1.29 is 0 Å². The fourth-order valence-electron chi connectivity index (χ4n) is 1.16. The summed E-state index contributed by atoms with van der Waals surface area (Å²) >= 11 is 3.13. The zero-order valence-corrected chi connectivity index (χ0v) is 9.39. The van der Waals surface area contributed by atoms with Crippen LogP contribution in [0.3, 0.4) is 0 Å². The molecule has 0 radical (unpaired) electrons. The SMILES string of the molecule is CSc1nnc(SC)c2cnncc12. The molecular weight excluding hydrogens is 216 g/mol. The molecule has 2 rings (SSSR count). The molecule has 0 aliphatic carbocycles. The highest BCUT2D eigenvalue weighted by Gasteiger charge is 2.07. The van der Waals surface area contributed by atoms with Crippen LogP contribution in [0.25, 0.3) is 10.8 Å². The van der Waals surface area contributed by atoms with Gasteiger partial charge in [-0.25, -0.2) is 0 Å². The van der Waals surface area contributed by atoms with E-state index in [1.165, 1.54) is 0 Å². The van der Waals surface area contributed by atoms with Gasteiger partial charge in [0.1, 0.15) is 10.1 Å². The number of nitrogens with zero attached hydrogens (tertiary/aromatic N) is 4. The lowest BCUT2D eigenvalue weighted by Crippen LogP contribution is -1.93. The van der Waals surface area contributed by atoms with Crippen molar-refractivity contribution in [3.05, 3.63) is 12.4 Å². The number of thioether (sulfide) groups is 2. The molecule has 6 heteroatoms. The second kappa shape index (κ2) is 4.10. The van der Waals surface area contributed by atoms with Crippen LogP contribution in [-0.4, -0.2) is 32.9 Å². The quantitative estimate of drug-likeness (QED) is 0.726. The smallest absolute Gasteiger partial charge is 0.128 e. The van der Waals surface area contributed by atoms with Gasteiger partial charge in [-0.1, -0.05) is 0 Å². The molecule has 0 aliphatic rings. The fraction of sp³-hybridized carbons (Fsp3) is 0.250. The molecule has 0 spiro atoms. The van der Waals surface area contributed by atoms with Crippen molar-refractivity contribution in [2.24, 2.45) is 0 Å². The Bertz CT molecular complexity index is 418. The first-order valence-corrected chi connectivity index (χ1v) is 6.37. The average molecular weight is 224 g/mol. The summed E-state index contributed by atoms with van der Waals surface area (Å²) in [5.41, 5.74) is 0. The predicted molar refractivity (Wildman–Crippen MR) is 58.7 cm³/mol. The highest BCUT2D eigenvalue weighted by atomic mass is 32.2. The van der Waals surface area contributed by atoms with Crippen molar-refractivity contribution in [1.82, 2.24) is 20.4 Å². The minimum absolute atomic E-state index is 0.896. The molecular formula is C8H8N4S2. The van der Waals surface area contributed by atoms with Gasteiger partial charge in [-0.05, 0) is 12.5 Å². The number of hydrogen-bond donors (Lipinski definition) is 0. The molecule has 0 amide bonds. The maximum Gasteiger partial charge on any atom is 0.128 e. The largest absolute Gasteiger partial charge is 0.158 e. The second-order valence-corrected chi connectivity index (χ2v) is 4.12. The Morgan fingerprint density at radius 3 is 1.64 bits per heavy atom. The summed E-state index contributed by atoms with van der Waals surface area (Å²) in [6.07, 6.45) is 7.41. The Labute approximate surface area is 89.9 Å². The Kier molecular flexibility index (Phi) is 2.83. The van der Waals surface area contributed by atoms with Gasteiger partial charge in [0.05, 0.1) is 12.4 Å². The van der Waals surface area contributed by atoms with E-state index in [2.05, 4.69) is 20.4 Å². The van der Waals surface area contributed by atoms with E-state index in [1.807, 2.05) is 12.5 Å². The first-order chi connectivity index (χ1) is 6.86. The third-order valence-corrected chi connectivity index (χ3v) is 3.19. The number of hydrogen-bond acceptors (Lipinski definition) is 6. The highest BCUT2D eigenvalue weighted by Crippen LogP contribution is 2.27. The van der Waals surface area contributed by atoms with Crippen LogP contribution in [0.15, 0.2) is 22.4 Å². The van der Waals surface area contributed by atoms with Gasteiger partial charge < -0.3 is 0 Å². The van der Waals surface area contributed by atoms with Crippen molar-refractivity contribution in [3.8, 4) is 0 Å². The molecule has 0 saturated heterocycles. The van der Waals surface area contributed by atoms with E-state index in [1.54, 1.807) is 35.9 Å². The Hall–Kier alpha value is -0.880. The van der Waals surface area contributed by atoms with Crippen LogP contribution < -0.4 is 0 Å². The summed E-state index contributed by atoms with van der Waals surface area (Å²) in [7, 11) is 0. The maximum absolute atomic E-state index is 4.12. The first-order valence-electron chi connectivity index (χ1n) is 3.92. The third-order valence-electron chi connectivity index (χ3n) is 1.81. The van der Waals surface area contributed by atoms with E-state index in [-0.39, 0.29) is 0 Å². The van der Waals surface area contributed by atoms with Crippen molar-refractivity contribution in [1.29, 1.82) is 0 Å². The topological polar surface area (TPSA) is 51.6 Å². The molecule has 0 unspecified atom stereocenters. The summed E-state index contributed by atoms with van der Waals surface area (Å²) in [5, 5.41) is 19.8. The molecule has 0 aliphatic heterocycles. The Balaban J connectivity index is 2.78. The lowest BCUT2D eigenvalue weighted by atomic mass is 10.3. The zero-order valence-electron chi connectivity index (χ0n) is 7.76. The van der Waals surface area contributed by atoms with Crippen molar-refractivity contribution >= 4 is 34.3 Å². The molecule has 0 N–H and O–H groups in total. The van der Waals surface area contributed by atoms with Crippen LogP contribution in [0.4, 0.5) is 0 Å². The Morgan fingerprint density at radius 1 is 0.857 bits per heavy atom. The average Bonchev–Trinajstić information content (AvgIpc) is 2.27. The van der Waals surface area contributed by atoms with E-state index in [0.29, 0.717) is 0 Å². The summed E-state index contributed by atoms with van der Waals surface area (Å²) in [6, 6.07) is 0. The molecule has 4 nitrogen and oxygen atoms in total. The summed E-state index contributed by atoms with van der Waals surface area (Å²) in [5.74, 6) is 0. The summed E-state index contributed by atoms with van der Waals surface area (Å²) in [6.45, 7) is 0. The summed E-state index contributed by atoms with van der Waals surface area (Å²) in [4.78, 5) is 0. The molecule has 72 valence electrons. The molecule has 14 heavy (non-hydrogen) atoms. The Morgan fingerprint density at radius 2 is 1.29 bits per heavy atom. The molecule has 2 aromatic rings. The third kappa shape index (κ3) is 1.55. The molecule has 2 aromatic heterocycles. The monoisotopic (exact) mass is 224 g/mol. The minimum Gasteiger partial charge on any atom is -0.158 e. The number of aromatic nitrogens is 4. The molecule has 0 aromatic carbocycles. The maximum atomic E-state index is 4.12. The van der Waals surface area contributed by atoms with E-state index < -0.39 is 0 Å². The molecule has 0 bridgehead atoms. The van der Waals surface area contributed by atoms with Gasteiger partial charge in [-0.3, -0.25) is 0 Å². The van der Waals surface area contributed by atoms with E-state index in [4.69, 9.17) is 0 Å². The van der Waals surface area contributed by atoms with Gasteiger partial charge >= 0.3 is 0 Å². The van der Waals surface area contributed by atoms with Crippen molar-refractivity contribution in [3.63, 3.8) is 0 Å². The first kappa shape index (κ1) is 9.67. The standard InChI is InChI=1S/C8H8N4S2/c1-13-7-5-3-9-10-4-6(5)8(14-2)12-11-7/h3-4H,1-2H3. The van der Waals surface area contributed by atoms with Gasteiger partial charge in [-0.2, -0.15) is 10.2 Å². The molecule has 0 saturated carbocycles. The predicted octanol–water partition coefficient (Wildman–Crippen LogP) is 1.86. The van der Waals surface area contributed by atoms with Crippen LogP contribution in [0, 0.1) is 0 Å². The van der Waals surface area contributed by atoms with Gasteiger partial charge in [0, 0.05) is 10.8 Å². The fourth-order valence-corrected chi connectivity index (χ4v) is 2.17. The van der Waals surface area contributed by atoms with E-state index in [9.17, 15) is 0 Å². The van der Waals surface area contributed by atoms with Gasteiger partial charge in [-0.15, -0.1) is 33.7 Å². The second-order valence-electron chi connectivity index (χ2n) is 2.54. The van der Waals surface area contributed by atoms with Crippen molar-refractivity contribution in [2.75, 3.05) is 12.5 Å². The number of rotatable bonds is 2. The van der Waals surface area contributed by atoms with Crippen molar-refractivity contribution in [2.45, 2.75) is 10.1 Å². The van der Waals surface area contributed by atoms with E-state index in [0.717, 1.165) is 20.8 Å². The normalized spacial score (nSPS) is 10.7. The molecule has 2 heterocycles. The summed E-state index contributed by atoms with van der Waals surface area (Å²) < 4.78 is 0. The van der Waals surface area contributed by atoms with Crippen LogP contribution in [0.1, 0.15) is 0 Å². The molecule has 0 fully saturated rings. The number of fused-ring (bicyclic) bond motifs is 1. The minimum atomic E-state index is 0.896. The van der Waals surface area contributed by atoms with Gasteiger partial charge in [0.25, 0.3) is 0 Å². The highest BCUT2D eigenvalue weighted by molar-refractivity contribution is 7.99. The van der Waals surface area contributed by atoms with Crippen LogP contribution >= 0.6 is 23.5 Å². The van der Waals surface area contributed by atoms with Crippen LogP contribution in [0.2, 0.25) is 0 Å². The van der Waals surface area contributed by atoms with Crippen LogP contribution in [-0.2, 0) is 0 Å². The van der Waals surface area contributed by atoms with E-state index >= 15 is 0 Å². The lowest BCUT2D eigenvalue weighted by Gasteiger charge is -2.03. The van der Waals surface area contributed by atoms with Gasteiger partial charge in [0.2, 0.25) is 0 Å². The zero-order chi connectivity index (χ0) is 9.97. The van der Waals surface area contributed by atoms with Crippen LogP contribution in [0.5, 0.6) is 0 Å². The van der Waals surface area contributed by atoms with Gasteiger partial charge in [0.15, 0.2) is 0 Å². The molecule has 0 atom stereocenters.